The van der Waals surface area contributed by atoms with Gasteiger partial charge >= 0.3 is 0 Å². The van der Waals surface area contributed by atoms with Crippen molar-refractivity contribution in [2.75, 3.05) is 6.67 Å². The van der Waals surface area contributed by atoms with E-state index in [1.54, 1.807) is 12.1 Å². The van der Waals surface area contributed by atoms with Crippen molar-refractivity contribution < 1.29 is 9.78 Å². The van der Waals surface area contributed by atoms with E-state index in [2.05, 4.69) is 26.7 Å². The summed E-state index contributed by atoms with van der Waals surface area (Å²) in [4.78, 5) is 14.6. The highest BCUT2D eigenvalue weighted by molar-refractivity contribution is 6.35. The summed E-state index contributed by atoms with van der Waals surface area (Å²) in [6, 6.07) is 5.12. The molecule has 0 aromatic heterocycles. The van der Waals surface area contributed by atoms with Crippen LogP contribution in [0.1, 0.15) is 5.56 Å². The van der Waals surface area contributed by atoms with Crippen LogP contribution in [0.3, 0.4) is 0 Å². The molecule has 0 aliphatic carbocycles. The molecule has 108 valence electrons. The Balaban J connectivity index is 1.56. The van der Waals surface area contributed by atoms with E-state index in [4.69, 9.17) is 33.0 Å². The van der Waals surface area contributed by atoms with Crippen molar-refractivity contribution >= 4 is 29.0 Å². The fourth-order valence-electron chi connectivity index (χ4n) is 1.92. The summed E-state index contributed by atoms with van der Waals surface area (Å²) in [6.07, 6.45) is -0.0438. The number of halogens is 2. The summed E-state index contributed by atoms with van der Waals surface area (Å²) in [5.41, 5.74) is 9.22. The second kappa shape index (κ2) is 6.23. The van der Waals surface area contributed by atoms with E-state index >= 15 is 0 Å². The Morgan fingerprint density at radius 3 is 3.15 bits per heavy atom. The molecule has 0 bridgehead atoms. The molecule has 20 heavy (non-hydrogen) atoms. The second-order valence-corrected chi connectivity index (χ2v) is 5.17. The maximum Gasteiger partial charge on any atom is 0.144 e. The average molecular weight is 318 g/mol. The molecule has 0 saturated carbocycles. The van der Waals surface area contributed by atoms with Crippen LogP contribution in [0.15, 0.2) is 23.2 Å². The molecule has 1 aromatic carbocycles. The minimum absolute atomic E-state index is 0.0438. The summed E-state index contributed by atoms with van der Waals surface area (Å²) < 4.78 is 0. The Hall–Kier alpha value is -0.930. The molecule has 2 aliphatic heterocycles. The van der Waals surface area contributed by atoms with Gasteiger partial charge in [0.05, 0.1) is 6.67 Å². The predicted octanol–water partition coefficient (Wildman–Crippen LogP) is 0.708. The van der Waals surface area contributed by atoms with Crippen LogP contribution in [0.5, 0.6) is 0 Å². The molecule has 0 radical (unpaired) electrons. The second-order valence-electron chi connectivity index (χ2n) is 4.33. The van der Waals surface area contributed by atoms with E-state index in [0.29, 0.717) is 29.2 Å². The first-order valence-corrected chi connectivity index (χ1v) is 6.76. The third kappa shape index (κ3) is 3.04. The molecule has 0 amide bonds. The normalized spacial score (nSPS) is 25.2. The topological polar surface area (TPSA) is 78.9 Å². The molecule has 9 heteroatoms. The van der Waals surface area contributed by atoms with Crippen molar-refractivity contribution in [2.45, 2.75) is 18.8 Å². The lowest BCUT2D eigenvalue weighted by Crippen LogP contribution is -2.56. The van der Waals surface area contributed by atoms with Gasteiger partial charge in [-0.15, -0.1) is 0 Å². The summed E-state index contributed by atoms with van der Waals surface area (Å²) in [5.74, 6) is 0.656. The monoisotopic (exact) mass is 317 g/mol. The molecule has 0 spiro atoms. The van der Waals surface area contributed by atoms with Gasteiger partial charge < -0.3 is 0 Å². The van der Waals surface area contributed by atoms with Gasteiger partial charge in [-0.05, 0) is 17.7 Å². The Labute approximate surface area is 125 Å². The van der Waals surface area contributed by atoms with Crippen molar-refractivity contribution in [1.29, 1.82) is 0 Å². The van der Waals surface area contributed by atoms with Gasteiger partial charge in [0.25, 0.3) is 0 Å². The van der Waals surface area contributed by atoms with Crippen molar-refractivity contribution in [1.82, 2.24) is 21.8 Å². The average Bonchev–Trinajstić information content (AvgIpc) is 2.90. The number of benzene rings is 1. The van der Waals surface area contributed by atoms with Crippen LogP contribution in [-0.2, 0) is 16.4 Å². The maximum absolute atomic E-state index is 6.07. The maximum atomic E-state index is 6.07. The number of rotatable bonds is 3. The lowest BCUT2D eigenvalue weighted by Gasteiger charge is -2.24. The van der Waals surface area contributed by atoms with E-state index in [9.17, 15) is 0 Å². The Bertz CT molecular complexity index is 528. The molecule has 2 unspecified atom stereocenters. The summed E-state index contributed by atoms with van der Waals surface area (Å²) >= 11 is 11.9. The zero-order valence-corrected chi connectivity index (χ0v) is 11.8. The van der Waals surface area contributed by atoms with Crippen LogP contribution in [0, 0.1) is 0 Å². The van der Waals surface area contributed by atoms with E-state index < -0.39 is 0 Å². The lowest BCUT2D eigenvalue weighted by molar-refractivity contribution is 0.00923. The third-order valence-electron chi connectivity index (χ3n) is 2.98. The first-order chi connectivity index (χ1) is 9.74. The largest absolute Gasteiger partial charge is 0.279 e. The number of hydrogen-bond donors (Lipinski definition) is 4. The molecule has 4 N–H and O–H groups in total. The molecular formula is C11H13Cl2N5O2. The smallest absolute Gasteiger partial charge is 0.144 e. The Morgan fingerprint density at radius 2 is 2.30 bits per heavy atom. The number of amidine groups is 1. The van der Waals surface area contributed by atoms with E-state index in [0.717, 1.165) is 5.56 Å². The molecule has 7 nitrogen and oxygen atoms in total. The Kier molecular flexibility index (Phi) is 4.37. The van der Waals surface area contributed by atoms with Crippen molar-refractivity contribution in [3.8, 4) is 0 Å². The predicted molar refractivity (Wildman–Crippen MR) is 74.8 cm³/mol. The lowest BCUT2D eigenvalue weighted by atomic mass is 10.2. The summed E-state index contributed by atoms with van der Waals surface area (Å²) in [5, 5.41) is 4.27. The van der Waals surface area contributed by atoms with Crippen LogP contribution in [0.2, 0.25) is 10.0 Å². The fraction of sp³-hybridized carbons (Fsp3) is 0.364. The number of hydroxylamine groups is 3. The highest BCUT2D eigenvalue weighted by Gasteiger charge is 2.34. The number of nitrogens with one attached hydrogen (secondary N) is 4. The highest BCUT2D eigenvalue weighted by Crippen LogP contribution is 2.21. The van der Waals surface area contributed by atoms with Crippen LogP contribution >= 0.6 is 23.2 Å². The summed E-state index contributed by atoms with van der Waals surface area (Å²) in [6.45, 7) is 0.778. The van der Waals surface area contributed by atoms with Crippen LogP contribution in [-0.4, -0.2) is 24.7 Å². The molecular weight excluding hydrogens is 305 g/mol. The Morgan fingerprint density at radius 1 is 1.40 bits per heavy atom. The van der Waals surface area contributed by atoms with Gasteiger partial charge in [-0.3, -0.25) is 20.6 Å². The molecule has 1 saturated heterocycles. The van der Waals surface area contributed by atoms with Crippen LogP contribution < -0.4 is 21.8 Å². The number of hydrogen-bond acceptors (Lipinski definition) is 7. The van der Waals surface area contributed by atoms with Gasteiger partial charge in [-0.1, -0.05) is 29.3 Å². The highest BCUT2D eigenvalue weighted by atomic mass is 35.5. The minimum Gasteiger partial charge on any atom is -0.279 e. The summed E-state index contributed by atoms with van der Waals surface area (Å²) in [7, 11) is 0. The van der Waals surface area contributed by atoms with Crippen LogP contribution in [0.4, 0.5) is 0 Å². The van der Waals surface area contributed by atoms with E-state index in [1.807, 2.05) is 6.07 Å². The first kappa shape index (κ1) is 14.0. The third-order valence-corrected chi connectivity index (χ3v) is 3.57. The minimum atomic E-state index is -0.135. The molecule has 2 atom stereocenters. The standard InChI is InChI=1S/C11H13Cl2N5O2/c12-7-2-1-6(8(13)3-7)4-19-17-10-9-11(15-5-14-10)18-20-16-9/h1-3,9,11,15-16,18H,4-5H2,(H,14,17). The van der Waals surface area contributed by atoms with Gasteiger partial charge in [-0.2, -0.15) is 11.0 Å². The van der Waals surface area contributed by atoms with Gasteiger partial charge in [0.2, 0.25) is 0 Å². The SMILES string of the molecule is Clc1ccc(CONC2=NCNC3NONC23)c(Cl)c1. The van der Waals surface area contributed by atoms with Crippen LogP contribution in [0.25, 0.3) is 0 Å². The van der Waals surface area contributed by atoms with Crippen molar-refractivity contribution in [3.63, 3.8) is 0 Å². The number of aliphatic imine (C=N–C) groups is 1. The van der Waals surface area contributed by atoms with Crippen molar-refractivity contribution in [2.24, 2.45) is 4.99 Å². The molecule has 3 rings (SSSR count). The zero-order chi connectivity index (χ0) is 13.9. The molecule has 2 heterocycles. The van der Waals surface area contributed by atoms with E-state index in [-0.39, 0.29) is 12.2 Å². The van der Waals surface area contributed by atoms with Crippen molar-refractivity contribution in [3.05, 3.63) is 33.8 Å². The van der Waals surface area contributed by atoms with Gasteiger partial charge in [0, 0.05) is 10.0 Å². The fourth-order valence-corrected chi connectivity index (χ4v) is 2.38. The number of fused-ring (bicyclic) bond motifs is 1. The molecule has 2 aliphatic rings. The van der Waals surface area contributed by atoms with Gasteiger partial charge in [0.15, 0.2) is 0 Å². The first-order valence-electron chi connectivity index (χ1n) is 6.00. The molecule has 1 aromatic rings. The molecule has 1 fully saturated rings. The quantitative estimate of drug-likeness (QED) is 0.615. The van der Waals surface area contributed by atoms with Gasteiger partial charge in [-0.25, -0.2) is 4.94 Å². The van der Waals surface area contributed by atoms with Gasteiger partial charge in [0.1, 0.15) is 24.7 Å². The number of nitrogens with zero attached hydrogens (tertiary/aromatic N) is 1. The van der Waals surface area contributed by atoms with E-state index in [1.165, 1.54) is 0 Å². The zero-order valence-electron chi connectivity index (χ0n) is 10.3.